The molecule has 4 nitrogen and oxygen atoms in total. The van der Waals surface area contributed by atoms with E-state index in [1.54, 1.807) is 0 Å². The SMILES string of the molecule is CN(CC(=O)Nc1cccc(I)c1)C1CCCNCC1. The van der Waals surface area contributed by atoms with Gasteiger partial charge in [-0.3, -0.25) is 9.69 Å². The predicted octanol–water partition coefficient (Wildman–Crippen LogP) is 2.30. The molecule has 1 saturated heterocycles. The van der Waals surface area contributed by atoms with Crippen molar-refractivity contribution < 1.29 is 4.79 Å². The Balaban J connectivity index is 1.84. The second kappa shape index (κ2) is 7.95. The van der Waals surface area contributed by atoms with Crippen LogP contribution < -0.4 is 10.6 Å². The molecule has 0 radical (unpaired) electrons. The van der Waals surface area contributed by atoms with Crippen LogP contribution in [0.4, 0.5) is 5.69 Å². The van der Waals surface area contributed by atoms with Gasteiger partial charge in [-0.1, -0.05) is 6.07 Å². The number of benzene rings is 1. The molecule has 1 aromatic rings. The second-order valence-corrected chi connectivity index (χ2v) is 6.55. The van der Waals surface area contributed by atoms with Crippen molar-refractivity contribution in [1.82, 2.24) is 10.2 Å². The maximum Gasteiger partial charge on any atom is 0.238 e. The largest absolute Gasteiger partial charge is 0.325 e. The minimum atomic E-state index is 0.0618. The van der Waals surface area contributed by atoms with Crippen LogP contribution in [0.3, 0.4) is 0 Å². The number of nitrogens with zero attached hydrogens (tertiary/aromatic N) is 1. The van der Waals surface area contributed by atoms with Crippen molar-refractivity contribution in [1.29, 1.82) is 0 Å². The van der Waals surface area contributed by atoms with Crippen LogP contribution in [-0.4, -0.2) is 43.5 Å². The average molecular weight is 387 g/mol. The number of rotatable bonds is 4. The van der Waals surface area contributed by atoms with Crippen molar-refractivity contribution in [3.63, 3.8) is 0 Å². The monoisotopic (exact) mass is 387 g/mol. The van der Waals surface area contributed by atoms with E-state index in [0.29, 0.717) is 12.6 Å². The molecule has 110 valence electrons. The third-order valence-electron chi connectivity index (χ3n) is 3.67. The minimum Gasteiger partial charge on any atom is -0.325 e. The van der Waals surface area contributed by atoms with E-state index in [1.165, 1.54) is 12.8 Å². The Hall–Kier alpha value is -0.660. The van der Waals surface area contributed by atoms with Crippen molar-refractivity contribution >= 4 is 34.2 Å². The lowest BCUT2D eigenvalue weighted by molar-refractivity contribution is -0.117. The maximum absolute atomic E-state index is 12.1. The molecule has 0 spiro atoms. The van der Waals surface area contributed by atoms with Gasteiger partial charge in [-0.2, -0.15) is 0 Å². The Morgan fingerprint density at radius 3 is 3.10 bits per heavy atom. The van der Waals surface area contributed by atoms with E-state index in [2.05, 4.69) is 38.1 Å². The van der Waals surface area contributed by atoms with Crippen molar-refractivity contribution in [3.05, 3.63) is 27.8 Å². The smallest absolute Gasteiger partial charge is 0.238 e. The summed E-state index contributed by atoms with van der Waals surface area (Å²) in [7, 11) is 2.05. The van der Waals surface area contributed by atoms with Gasteiger partial charge in [0.1, 0.15) is 0 Å². The van der Waals surface area contributed by atoms with Gasteiger partial charge in [0.2, 0.25) is 5.91 Å². The van der Waals surface area contributed by atoms with E-state index < -0.39 is 0 Å². The Kier molecular flexibility index (Phi) is 6.25. The molecule has 20 heavy (non-hydrogen) atoms. The normalized spacial score (nSPS) is 19.6. The van der Waals surface area contributed by atoms with Gasteiger partial charge < -0.3 is 10.6 Å². The summed E-state index contributed by atoms with van der Waals surface area (Å²) >= 11 is 2.25. The van der Waals surface area contributed by atoms with Crippen molar-refractivity contribution in [2.75, 3.05) is 32.0 Å². The van der Waals surface area contributed by atoms with Crippen LogP contribution in [0.15, 0.2) is 24.3 Å². The van der Waals surface area contributed by atoms with Crippen LogP contribution >= 0.6 is 22.6 Å². The third-order valence-corrected chi connectivity index (χ3v) is 4.34. The summed E-state index contributed by atoms with van der Waals surface area (Å²) in [6.07, 6.45) is 3.47. The van der Waals surface area contributed by atoms with Gasteiger partial charge in [-0.05, 0) is 80.2 Å². The number of anilines is 1. The quantitative estimate of drug-likeness (QED) is 0.780. The highest BCUT2D eigenvalue weighted by molar-refractivity contribution is 14.1. The molecular formula is C15H22IN3O. The molecule has 5 heteroatoms. The zero-order valence-corrected chi connectivity index (χ0v) is 14.0. The van der Waals surface area contributed by atoms with Crippen LogP contribution in [0.5, 0.6) is 0 Å². The van der Waals surface area contributed by atoms with E-state index in [0.717, 1.165) is 28.8 Å². The molecule has 1 heterocycles. The molecule has 2 rings (SSSR count). The van der Waals surface area contributed by atoms with Gasteiger partial charge >= 0.3 is 0 Å². The number of hydrogen-bond acceptors (Lipinski definition) is 3. The summed E-state index contributed by atoms with van der Waals surface area (Å²) < 4.78 is 1.13. The third kappa shape index (κ3) is 5.03. The van der Waals surface area contributed by atoms with Gasteiger partial charge in [-0.15, -0.1) is 0 Å². The summed E-state index contributed by atoms with van der Waals surface area (Å²) in [6, 6.07) is 8.38. The first-order valence-electron chi connectivity index (χ1n) is 7.11. The molecule has 1 aromatic carbocycles. The topological polar surface area (TPSA) is 44.4 Å². The first-order chi connectivity index (χ1) is 9.65. The summed E-state index contributed by atoms with van der Waals surface area (Å²) in [4.78, 5) is 14.3. The molecule has 0 saturated carbocycles. The lowest BCUT2D eigenvalue weighted by Crippen LogP contribution is -2.38. The first kappa shape index (κ1) is 15.7. The zero-order valence-electron chi connectivity index (χ0n) is 11.9. The Labute approximate surface area is 134 Å². The molecular weight excluding hydrogens is 365 g/mol. The van der Waals surface area contributed by atoms with Gasteiger partial charge in [0, 0.05) is 15.3 Å². The van der Waals surface area contributed by atoms with E-state index in [9.17, 15) is 4.79 Å². The number of carbonyl (C=O) groups excluding carboxylic acids is 1. The van der Waals surface area contributed by atoms with Crippen LogP contribution in [0.25, 0.3) is 0 Å². The first-order valence-corrected chi connectivity index (χ1v) is 8.19. The van der Waals surface area contributed by atoms with E-state index in [4.69, 9.17) is 0 Å². The highest BCUT2D eigenvalue weighted by Gasteiger charge is 2.18. The zero-order chi connectivity index (χ0) is 14.4. The lowest BCUT2D eigenvalue weighted by Gasteiger charge is -2.26. The molecule has 1 aliphatic heterocycles. The van der Waals surface area contributed by atoms with Crippen molar-refractivity contribution in [2.24, 2.45) is 0 Å². The van der Waals surface area contributed by atoms with E-state index in [1.807, 2.05) is 31.3 Å². The lowest BCUT2D eigenvalue weighted by atomic mass is 10.1. The minimum absolute atomic E-state index is 0.0618. The fraction of sp³-hybridized carbons (Fsp3) is 0.533. The molecule has 1 amide bonds. The number of likely N-dealkylation sites (N-methyl/N-ethyl adjacent to an activating group) is 1. The molecule has 1 unspecified atom stereocenters. The number of nitrogens with one attached hydrogen (secondary N) is 2. The fourth-order valence-corrected chi connectivity index (χ4v) is 3.11. The maximum atomic E-state index is 12.1. The highest BCUT2D eigenvalue weighted by Crippen LogP contribution is 2.14. The number of hydrogen-bond donors (Lipinski definition) is 2. The van der Waals surface area contributed by atoms with Gasteiger partial charge in [-0.25, -0.2) is 0 Å². The molecule has 1 aliphatic rings. The Morgan fingerprint density at radius 2 is 2.30 bits per heavy atom. The van der Waals surface area contributed by atoms with Crippen molar-refractivity contribution in [2.45, 2.75) is 25.3 Å². The summed E-state index contributed by atoms with van der Waals surface area (Å²) in [5.74, 6) is 0.0618. The fourth-order valence-electron chi connectivity index (χ4n) is 2.56. The molecule has 0 aromatic heterocycles. The average Bonchev–Trinajstić information content (AvgIpc) is 2.67. The summed E-state index contributed by atoms with van der Waals surface area (Å²) in [5, 5.41) is 6.37. The predicted molar refractivity (Wildman–Crippen MR) is 90.9 cm³/mol. The van der Waals surface area contributed by atoms with Gasteiger partial charge in [0.05, 0.1) is 6.54 Å². The molecule has 1 atom stereocenters. The van der Waals surface area contributed by atoms with E-state index >= 15 is 0 Å². The number of amides is 1. The van der Waals surface area contributed by atoms with Crippen LogP contribution in [-0.2, 0) is 4.79 Å². The van der Waals surface area contributed by atoms with Crippen LogP contribution in [0.1, 0.15) is 19.3 Å². The molecule has 0 aliphatic carbocycles. The summed E-state index contributed by atoms with van der Waals surface area (Å²) in [6.45, 7) is 2.60. The standard InChI is InChI=1S/C15H22IN3O/c1-19(14-6-3-8-17-9-7-14)11-15(20)18-13-5-2-4-12(16)10-13/h2,4-5,10,14,17H,3,6-9,11H2,1H3,(H,18,20). The van der Waals surface area contributed by atoms with Gasteiger partial charge in [0.25, 0.3) is 0 Å². The Bertz CT molecular complexity index is 444. The van der Waals surface area contributed by atoms with Crippen molar-refractivity contribution in [3.8, 4) is 0 Å². The number of carbonyl (C=O) groups is 1. The molecule has 0 bridgehead atoms. The number of halogens is 1. The second-order valence-electron chi connectivity index (χ2n) is 5.31. The molecule has 1 fully saturated rings. The van der Waals surface area contributed by atoms with E-state index in [-0.39, 0.29) is 5.91 Å². The van der Waals surface area contributed by atoms with Gasteiger partial charge in [0.15, 0.2) is 0 Å². The van der Waals surface area contributed by atoms with Crippen LogP contribution in [0, 0.1) is 3.57 Å². The van der Waals surface area contributed by atoms with Crippen LogP contribution in [0.2, 0.25) is 0 Å². The highest BCUT2D eigenvalue weighted by atomic mass is 127. The Morgan fingerprint density at radius 1 is 1.45 bits per heavy atom. The molecule has 2 N–H and O–H groups in total. The summed E-state index contributed by atoms with van der Waals surface area (Å²) in [5.41, 5.74) is 0.873.